The molecular formula is C31H37Cl2N3O5S. The molecule has 0 spiro atoms. The highest BCUT2D eigenvalue weighted by Gasteiger charge is 2.35. The first kappa shape index (κ1) is 33.2. The van der Waals surface area contributed by atoms with E-state index < -0.39 is 28.5 Å². The molecular weight excluding hydrogens is 597 g/mol. The van der Waals surface area contributed by atoms with Gasteiger partial charge in [-0.05, 0) is 61.2 Å². The quantitative estimate of drug-likeness (QED) is 0.229. The molecule has 1 N–H and O–H groups in total. The van der Waals surface area contributed by atoms with Gasteiger partial charge >= 0.3 is 0 Å². The number of rotatable bonds is 14. The van der Waals surface area contributed by atoms with Crippen LogP contribution in [0, 0.1) is 5.92 Å². The van der Waals surface area contributed by atoms with Crippen molar-refractivity contribution in [2.45, 2.75) is 51.6 Å². The van der Waals surface area contributed by atoms with Crippen molar-refractivity contribution in [1.82, 2.24) is 10.2 Å². The van der Waals surface area contributed by atoms with Crippen molar-refractivity contribution in [2.24, 2.45) is 5.92 Å². The van der Waals surface area contributed by atoms with E-state index in [-0.39, 0.29) is 29.0 Å². The molecule has 3 rings (SSSR count). The molecule has 0 heterocycles. The Morgan fingerprint density at radius 1 is 0.952 bits per heavy atom. The Labute approximate surface area is 258 Å². The number of carbonyl (C=O) groups excluding carboxylic acids is 2. The minimum Gasteiger partial charge on any atom is -0.492 e. The van der Waals surface area contributed by atoms with Gasteiger partial charge in [-0.25, -0.2) is 8.42 Å². The van der Waals surface area contributed by atoms with E-state index in [1.165, 1.54) is 17.0 Å². The Kier molecular flexibility index (Phi) is 12.1. The number of halogens is 2. The summed E-state index contributed by atoms with van der Waals surface area (Å²) in [4.78, 5) is 29.0. The van der Waals surface area contributed by atoms with Crippen LogP contribution in [0.25, 0.3) is 0 Å². The lowest BCUT2D eigenvalue weighted by atomic mass is 10.1. The van der Waals surface area contributed by atoms with E-state index in [0.29, 0.717) is 40.9 Å². The van der Waals surface area contributed by atoms with Crippen molar-refractivity contribution in [2.75, 3.05) is 24.0 Å². The number of hydrogen-bond donors (Lipinski definition) is 1. The lowest BCUT2D eigenvalue weighted by molar-refractivity contribution is -0.140. The van der Waals surface area contributed by atoms with Gasteiger partial charge < -0.3 is 15.0 Å². The first-order chi connectivity index (χ1) is 20.0. The van der Waals surface area contributed by atoms with Crippen LogP contribution < -0.4 is 14.4 Å². The van der Waals surface area contributed by atoms with Crippen LogP contribution >= 0.6 is 23.2 Å². The number of benzene rings is 3. The van der Waals surface area contributed by atoms with Gasteiger partial charge in [-0.1, -0.05) is 80.4 Å². The van der Waals surface area contributed by atoms with E-state index in [0.717, 1.165) is 4.31 Å². The lowest BCUT2D eigenvalue weighted by Crippen LogP contribution is -2.52. The summed E-state index contributed by atoms with van der Waals surface area (Å²) in [6.07, 6.45) is 0.293. The minimum atomic E-state index is -4.22. The third-order valence-electron chi connectivity index (χ3n) is 6.47. The second kappa shape index (κ2) is 15.3. The van der Waals surface area contributed by atoms with Gasteiger partial charge in [-0.15, -0.1) is 0 Å². The van der Waals surface area contributed by atoms with Crippen LogP contribution in [0.1, 0.15) is 39.7 Å². The molecule has 0 aromatic heterocycles. The largest absolute Gasteiger partial charge is 0.492 e. The van der Waals surface area contributed by atoms with Crippen LogP contribution in [-0.4, -0.2) is 50.9 Å². The Morgan fingerprint density at radius 3 is 2.24 bits per heavy atom. The van der Waals surface area contributed by atoms with E-state index in [4.69, 9.17) is 27.9 Å². The molecule has 226 valence electrons. The van der Waals surface area contributed by atoms with Gasteiger partial charge in [0.1, 0.15) is 18.3 Å². The molecule has 0 aliphatic heterocycles. The van der Waals surface area contributed by atoms with Crippen LogP contribution in [0.5, 0.6) is 5.75 Å². The van der Waals surface area contributed by atoms with E-state index in [9.17, 15) is 18.0 Å². The molecule has 0 radical (unpaired) electrons. The fourth-order valence-electron chi connectivity index (χ4n) is 4.35. The van der Waals surface area contributed by atoms with Gasteiger partial charge in [-0.3, -0.25) is 13.9 Å². The van der Waals surface area contributed by atoms with Crippen molar-refractivity contribution in [3.05, 3.63) is 88.4 Å². The summed E-state index contributed by atoms with van der Waals surface area (Å²) in [5.74, 6) is -0.417. The van der Waals surface area contributed by atoms with Crippen molar-refractivity contribution in [3.8, 4) is 5.75 Å². The van der Waals surface area contributed by atoms with E-state index >= 15 is 0 Å². The number of sulfonamides is 1. The zero-order chi connectivity index (χ0) is 30.9. The average molecular weight is 635 g/mol. The topological polar surface area (TPSA) is 96.0 Å². The van der Waals surface area contributed by atoms with E-state index in [1.54, 1.807) is 74.5 Å². The molecule has 0 aliphatic carbocycles. The summed E-state index contributed by atoms with van der Waals surface area (Å²) in [5.41, 5.74) is 0.773. The summed E-state index contributed by atoms with van der Waals surface area (Å²) in [6, 6.07) is 18.5. The Hall–Kier alpha value is -3.27. The average Bonchev–Trinajstić information content (AvgIpc) is 2.96. The van der Waals surface area contributed by atoms with E-state index in [1.807, 2.05) is 13.8 Å². The number of nitrogens with one attached hydrogen (secondary N) is 1. The smallest absolute Gasteiger partial charge is 0.264 e. The molecule has 0 unspecified atom stereocenters. The highest BCUT2D eigenvalue weighted by Crippen LogP contribution is 2.33. The maximum Gasteiger partial charge on any atom is 0.264 e. The van der Waals surface area contributed by atoms with Crippen LogP contribution in [-0.2, 0) is 26.2 Å². The van der Waals surface area contributed by atoms with Gasteiger partial charge in [0.2, 0.25) is 11.8 Å². The summed E-state index contributed by atoms with van der Waals surface area (Å²) < 4.78 is 34.8. The second-order valence-corrected chi connectivity index (χ2v) is 12.8. The molecule has 2 amide bonds. The molecule has 11 heteroatoms. The molecule has 42 heavy (non-hydrogen) atoms. The van der Waals surface area contributed by atoms with Crippen LogP contribution in [0.15, 0.2) is 77.7 Å². The lowest BCUT2D eigenvalue weighted by Gasteiger charge is -2.34. The summed E-state index contributed by atoms with van der Waals surface area (Å²) in [5, 5.41) is 3.66. The molecule has 3 aromatic carbocycles. The van der Waals surface area contributed by atoms with Gasteiger partial charge in [0.25, 0.3) is 10.0 Å². The standard InChI is InChI=1S/C31H37Cl2N3O5S/c1-5-27(31(38)34-19-22(3)4)35(20-23-16-17-24(32)18-26(23)33)30(37)21-36(28-14-10-11-15-29(28)41-6-2)42(39,40)25-12-8-7-9-13-25/h7-18,22,27H,5-6,19-21H2,1-4H3,(H,34,38)/t27-/m1/s1. The number of nitrogens with zero attached hydrogens (tertiary/aromatic N) is 2. The molecule has 8 nitrogen and oxygen atoms in total. The van der Waals surface area contributed by atoms with Crippen molar-refractivity contribution in [1.29, 1.82) is 0 Å². The number of hydrogen-bond acceptors (Lipinski definition) is 5. The molecule has 0 saturated heterocycles. The number of amides is 2. The third-order valence-corrected chi connectivity index (χ3v) is 8.83. The summed E-state index contributed by atoms with van der Waals surface area (Å²) >= 11 is 12.6. The summed E-state index contributed by atoms with van der Waals surface area (Å²) in [6.45, 7) is 7.63. The number of para-hydroxylation sites is 2. The van der Waals surface area contributed by atoms with Gasteiger partial charge in [0.05, 0.1) is 17.2 Å². The summed E-state index contributed by atoms with van der Waals surface area (Å²) in [7, 11) is -4.22. The second-order valence-electron chi connectivity index (χ2n) is 10.0. The molecule has 0 bridgehead atoms. The fraction of sp³-hybridized carbons (Fsp3) is 0.355. The molecule has 3 aromatic rings. The first-order valence-electron chi connectivity index (χ1n) is 13.8. The number of ether oxygens (including phenoxy) is 1. The van der Waals surface area contributed by atoms with Crippen LogP contribution in [0.2, 0.25) is 10.0 Å². The normalized spacial score (nSPS) is 12.1. The maximum absolute atomic E-state index is 14.2. The highest BCUT2D eigenvalue weighted by atomic mass is 35.5. The predicted octanol–water partition coefficient (Wildman–Crippen LogP) is 6.17. The highest BCUT2D eigenvalue weighted by molar-refractivity contribution is 7.92. The first-order valence-corrected chi connectivity index (χ1v) is 16.0. The number of anilines is 1. The Bertz CT molecular complexity index is 1470. The van der Waals surface area contributed by atoms with Crippen molar-refractivity contribution >= 4 is 50.7 Å². The van der Waals surface area contributed by atoms with Gasteiger partial charge in [0, 0.05) is 23.1 Å². The Morgan fingerprint density at radius 2 is 1.62 bits per heavy atom. The van der Waals surface area contributed by atoms with Gasteiger partial charge in [0.15, 0.2) is 0 Å². The predicted molar refractivity (Wildman–Crippen MR) is 168 cm³/mol. The Balaban J connectivity index is 2.11. The third kappa shape index (κ3) is 8.40. The van der Waals surface area contributed by atoms with E-state index in [2.05, 4.69) is 5.32 Å². The molecule has 0 fully saturated rings. The fourth-order valence-corrected chi connectivity index (χ4v) is 6.26. The minimum absolute atomic E-state index is 0.0121. The van der Waals surface area contributed by atoms with Crippen molar-refractivity contribution in [3.63, 3.8) is 0 Å². The molecule has 1 atom stereocenters. The van der Waals surface area contributed by atoms with Crippen LogP contribution in [0.4, 0.5) is 5.69 Å². The van der Waals surface area contributed by atoms with Gasteiger partial charge in [-0.2, -0.15) is 0 Å². The monoisotopic (exact) mass is 633 g/mol. The van der Waals surface area contributed by atoms with Crippen molar-refractivity contribution < 1.29 is 22.7 Å². The molecule has 0 aliphatic rings. The molecule has 0 saturated carbocycles. The number of carbonyl (C=O) groups is 2. The zero-order valence-corrected chi connectivity index (χ0v) is 26.5. The maximum atomic E-state index is 14.2. The zero-order valence-electron chi connectivity index (χ0n) is 24.2. The van der Waals surface area contributed by atoms with Crippen LogP contribution in [0.3, 0.4) is 0 Å². The SMILES string of the molecule is CCOc1ccccc1N(CC(=O)N(Cc1ccc(Cl)cc1Cl)[C@H](CC)C(=O)NCC(C)C)S(=O)(=O)c1ccccc1.